The van der Waals surface area contributed by atoms with Gasteiger partial charge in [-0.1, -0.05) is 42.5 Å². The van der Waals surface area contributed by atoms with Gasteiger partial charge in [-0.25, -0.2) is 0 Å². The Labute approximate surface area is 107 Å². The lowest BCUT2D eigenvalue weighted by Gasteiger charge is -2.23. The zero-order valence-corrected chi connectivity index (χ0v) is 10.6. The van der Waals surface area contributed by atoms with Gasteiger partial charge in [-0.15, -0.1) is 0 Å². The normalized spacial score (nSPS) is 24.4. The van der Waals surface area contributed by atoms with E-state index >= 15 is 0 Å². The van der Waals surface area contributed by atoms with Gasteiger partial charge >= 0.3 is 5.97 Å². The zero-order valence-electron chi connectivity index (χ0n) is 10.6. The van der Waals surface area contributed by atoms with E-state index < -0.39 is 0 Å². The highest BCUT2D eigenvalue weighted by molar-refractivity contribution is 5.73. The lowest BCUT2D eigenvalue weighted by molar-refractivity contribution is -0.150. The topological polar surface area (TPSA) is 35.5 Å². The molecule has 1 saturated heterocycles. The average molecular weight is 246 g/mol. The summed E-state index contributed by atoms with van der Waals surface area (Å²) in [7, 11) is 1.41. The van der Waals surface area contributed by atoms with Crippen LogP contribution in [0.4, 0.5) is 0 Å². The van der Waals surface area contributed by atoms with Crippen molar-refractivity contribution in [2.45, 2.75) is 18.9 Å². The second kappa shape index (κ2) is 5.83. The second-order valence-electron chi connectivity index (χ2n) is 4.54. The molecule has 0 N–H and O–H groups in total. The number of hydrogen-bond donors (Lipinski definition) is 0. The Morgan fingerprint density at radius 1 is 1.39 bits per heavy atom. The fourth-order valence-electron chi connectivity index (χ4n) is 2.30. The summed E-state index contributed by atoms with van der Waals surface area (Å²) in [5.74, 6) is -0.528. The zero-order chi connectivity index (χ0) is 13.0. The highest BCUT2D eigenvalue weighted by atomic mass is 16.5. The Balaban J connectivity index is 2.29. The van der Waals surface area contributed by atoms with Gasteiger partial charge in [0.25, 0.3) is 0 Å². The molecule has 1 fully saturated rings. The van der Waals surface area contributed by atoms with Crippen LogP contribution in [0.5, 0.6) is 0 Å². The Morgan fingerprint density at radius 3 is 2.78 bits per heavy atom. The molecule has 2 unspecified atom stereocenters. The molecular formula is C15H18O3. The first kappa shape index (κ1) is 12.8. The molecule has 2 rings (SSSR count). The van der Waals surface area contributed by atoms with Crippen molar-refractivity contribution in [3.8, 4) is 0 Å². The number of rotatable bonds is 2. The Hall–Kier alpha value is -1.61. The number of benzene rings is 1. The van der Waals surface area contributed by atoms with E-state index in [0.717, 1.165) is 17.6 Å². The predicted octanol–water partition coefficient (Wildman–Crippen LogP) is 2.88. The molecular weight excluding hydrogens is 228 g/mol. The third-order valence-corrected chi connectivity index (χ3v) is 3.26. The van der Waals surface area contributed by atoms with E-state index in [0.29, 0.717) is 13.0 Å². The highest BCUT2D eigenvalue weighted by Gasteiger charge is 2.33. The van der Waals surface area contributed by atoms with Crippen molar-refractivity contribution in [1.82, 2.24) is 0 Å². The van der Waals surface area contributed by atoms with Gasteiger partial charge < -0.3 is 9.47 Å². The summed E-state index contributed by atoms with van der Waals surface area (Å²) in [6.45, 7) is 4.58. The van der Waals surface area contributed by atoms with Crippen LogP contribution in [-0.2, 0) is 14.3 Å². The molecule has 1 aromatic carbocycles. The number of methoxy groups -OCH3 is 1. The molecule has 0 saturated carbocycles. The van der Waals surface area contributed by atoms with E-state index in [9.17, 15) is 4.79 Å². The van der Waals surface area contributed by atoms with Crippen LogP contribution >= 0.6 is 0 Å². The molecule has 0 aromatic heterocycles. The van der Waals surface area contributed by atoms with E-state index in [1.54, 1.807) is 0 Å². The fourth-order valence-corrected chi connectivity index (χ4v) is 2.30. The molecule has 96 valence electrons. The quantitative estimate of drug-likeness (QED) is 0.594. The summed E-state index contributed by atoms with van der Waals surface area (Å²) < 4.78 is 10.7. The van der Waals surface area contributed by atoms with Crippen molar-refractivity contribution in [1.29, 1.82) is 0 Å². The summed E-state index contributed by atoms with van der Waals surface area (Å²) in [5.41, 5.74) is 2.06. The van der Waals surface area contributed by atoms with Crippen LogP contribution in [-0.4, -0.2) is 19.7 Å². The number of hydrogen-bond acceptors (Lipinski definition) is 3. The maximum Gasteiger partial charge on any atom is 0.311 e. The molecule has 1 heterocycles. The summed E-state index contributed by atoms with van der Waals surface area (Å²) in [6, 6.07) is 9.81. The van der Waals surface area contributed by atoms with E-state index in [1.165, 1.54) is 7.11 Å². The van der Waals surface area contributed by atoms with Crippen molar-refractivity contribution in [3.63, 3.8) is 0 Å². The monoisotopic (exact) mass is 246 g/mol. The van der Waals surface area contributed by atoms with Crippen LogP contribution in [0.3, 0.4) is 0 Å². The van der Waals surface area contributed by atoms with Gasteiger partial charge in [-0.3, -0.25) is 4.79 Å². The summed E-state index contributed by atoms with van der Waals surface area (Å²) in [5, 5.41) is 0. The second-order valence-corrected chi connectivity index (χ2v) is 4.54. The van der Waals surface area contributed by atoms with Crippen LogP contribution in [0.2, 0.25) is 0 Å². The van der Waals surface area contributed by atoms with Crippen LogP contribution < -0.4 is 0 Å². The van der Waals surface area contributed by atoms with E-state index in [-0.39, 0.29) is 18.0 Å². The van der Waals surface area contributed by atoms with Crippen molar-refractivity contribution < 1.29 is 14.3 Å². The highest BCUT2D eigenvalue weighted by Crippen LogP contribution is 2.35. The molecule has 2 atom stereocenters. The maximum absolute atomic E-state index is 11.9. The van der Waals surface area contributed by atoms with Gasteiger partial charge in [0.2, 0.25) is 0 Å². The molecule has 3 heteroatoms. The predicted molar refractivity (Wildman–Crippen MR) is 69.0 cm³/mol. The van der Waals surface area contributed by atoms with Crippen molar-refractivity contribution in [2.75, 3.05) is 13.7 Å². The Kier molecular flexibility index (Phi) is 4.15. The van der Waals surface area contributed by atoms with Crippen molar-refractivity contribution in [2.24, 2.45) is 5.92 Å². The molecule has 3 nitrogen and oxygen atoms in total. The standard InChI is InChI=1S/C15H18O3/c1-11-8-9-18-14(12-6-4-3-5-7-12)13(10-11)15(16)17-2/h3-7,13-14H,1,8-10H2,2H3. The lowest BCUT2D eigenvalue weighted by atomic mass is 9.90. The summed E-state index contributed by atoms with van der Waals surface area (Å²) in [4.78, 5) is 11.9. The lowest BCUT2D eigenvalue weighted by Crippen LogP contribution is -2.24. The average Bonchev–Trinajstić information content (AvgIpc) is 2.60. The number of carbonyl (C=O) groups excluding carboxylic acids is 1. The fraction of sp³-hybridized carbons (Fsp3) is 0.400. The van der Waals surface area contributed by atoms with Crippen LogP contribution in [0.25, 0.3) is 0 Å². The molecule has 0 bridgehead atoms. The molecule has 0 aliphatic carbocycles. The maximum atomic E-state index is 11.9. The van der Waals surface area contributed by atoms with Crippen molar-refractivity contribution >= 4 is 5.97 Å². The minimum absolute atomic E-state index is 0.230. The van der Waals surface area contributed by atoms with Gasteiger partial charge in [0.1, 0.15) is 0 Å². The van der Waals surface area contributed by atoms with Crippen LogP contribution in [0.1, 0.15) is 24.5 Å². The number of carbonyl (C=O) groups is 1. The molecule has 0 radical (unpaired) electrons. The SMILES string of the molecule is C=C1CCOC(c2ccccc2)C(C(=O)OC)C1. The number of ether oxygens (including phenoxy) is 2. The first-order valence-corrected chi connectivity index (χ1v) is 6.13. The first-order chi connectivity index (χ1) is 8.72. The molecule has 0 spiro atoms. The smallest absolute Gasteiger partial charge is 0.311 e. The van der Waals surface area contributed by atoms with Gasteiger partial charge in [0, 0.05) is 0 Å². The third kappa shape index (κ3) is 2.79. The van der Waals surface area contributed by atoms with E-state index in [4.69, 9.17) is 9.47 Å². The molecule has 1 aliphatic heterocycles. The molecule has 0 amide bonds. The van der Waals surface area contributed by atoms with Gasteiger partial charge in [0.05, 0.1) is 25.7 Å². The summed E-state index contributed by atoms with van der Waals surface area (Å²) >= 11 is 0. The van der Waals surface area contributed by atoms with Crippen LogP contribution in [0, 0.1) is 5.92 Å². The molecule has 1 aliphatic rings. The largest absolute Gasteiger partial charge is 0.469 e. The van der Waals surface area contributed by atoms with Crippen LogP contribution in [0.15, 0.2) is 42.5 Å². The third-order valence-electron chi connectivity index (χ3n) is 3.26. The Bertz CT molecular complexity index is 425. The Morgan fingerprint density at radius 2 is 2.11 bits per heavy atom. The summed E-state index contributed by atoms with van der Waals surface area (Å²) in [6.07, 6.45) is 1.20. The molecule has 18 heavy (non-hydrogen) atoms. The van der Waals surface area contributed by atoms with Gasteiger partial charge in [-0.2, -0.15) is 0 Å². The first-order valence-electron chi connectivity index (χ1n) is 6.13. The minimum atomic E-state index is -0.299. The van der Waals surface area contributed by atoms with Gasteiger partial charge in [0.15, 0.2) is 0 Å². The van der Waals surface area contributed by atoms with E-state index in [1.807, 2.05) is 30.3 Å². The minimum Gasteiger partial charge on any atom is -0.469 e. The van der Waals surface area contributed by atoms with Crippen molar-refractivity contribution in [3.05, 3.63) is 48.0 Å². The number of esters is 1. The van der Waals surface area contributed by atoms with Gasteiger partial charge in [-0.05, 0) is 18.4 Å². The van der Waals surface area contributed by atoms with E-state index in [2.05, 4.69) is 6.58 Å². The molecule has 1 aromatic rings.